The Morgan fingerprint density at radius 2 is 2.00 bits per heavy atom. The first-order chi connectivity index (χ1) is 12.3. The van der Waals surface area contributed by atoms with Crippen LogP contribution in [0.25, 0.3) is 0 Å². The SMILES string of the molecule is Cc1ccc2c(c1)C1(C=CCC1)C(C(=O)C(F)(F)F)CCCCCN2C. The van der Waals surface area contributed by atoms with E-state index < -0.39 is 23.3 Å². The maximum Gasteiger partial charge on any atom is 0.450 e. The first-order valence-corrected chi connectivity index (χ1v) is 9.37. The molecule has 0 amide bonds. The van der Waals surface area contributed by atoms with E-state index in [1.807, 2.05) is 44.3 Å². The van der Waals surface area contributed by atoms with Crippen molar-refractivity contribution in [2.45, 2.75) is 57.0 Å². The van der Waals surface area contributed by atoms with Gasteiger partial charge in [-0.15, -0.1) is 0 Å². The lowest BCUT2D eigenvalue weighted by Gasteiger charge is -2.40. The van der Waals surface area contributed by atoms with Gasteiger partial charge in [0, 0.05) is 30.6 Å². The van der Waals surface area contributed by atoms with E-state index in [1.165, 1.54) is 0 Å². The Hall–Kier alpha value is -1.78. The molecule has 1 heterocycles. The van der Waals surface area contributed by atoms with Crippen molar-refractivity contribution in [3.63, 3.8) is 0 Å². The van der Waals surface area contributed by atoms with E-state index in [0.717, 1.165) is 36.2 Å². The molecule has 0 fully saturated rings. The lowest BCUT2D eigenvalue weighted by Crippen LogP contribution is -2.44. The summed E-state index contributed by atoms with van der Waals surface area (Å²) in [5.41, 5.74) is 1.97. The highest BCUT2D eigenvalue weighted by molar-refractivity contribution is 5.89. The van der Waals surface area contributed by atoms with E-state index in [9.17, 15) is 18.0 Å². The van der Waals surface area contributed by atoms with Crippen molar-refractivity contribution in [3.05, 3.63) is 41.5 Å². The van der Waals surface area contributed by atoms with Gasteiger partial charge in [0.05, 0.1) is 0 Å². The minimum atomic E-state index is -4.80. The molecule has 0 radical (unpaired) electrons. The number of hydrogen-bond donors (Lipinski definition) is 0. The predicted molar refractivity (Wildman–Crippen MR) is 97.5 cm³/mol. The normalized spacial score (nSPS) is 26.8. The van der Waals surface area contributed by atoms with Gasteiger partial charge in [0.15, 0.2) is 0 Å². The average molecular weight is 365 g/mol. The van der Waals surface area contributed by atoms with Crippen LogP contribution in [-0.2, 0) is 10.2 Å². The first kappa shape index (κ1) is 19.0. The third-order valence-electron chi connectivity index (χ3n) is 5.91. The highest BCUT2D eigenvalue weighted by Gasteiger charge is 2.53. The molecule has 0 saturated heterocycles. The number of ketones is 1. The number of aryl methyl sites for hydroxylation is 1. The smallest absolute Gasteiger partial charge is 0.374 e. The number of halogens is 3. The van der Waals surface area contributed by atoms with Crippen molar-refractivity contribution in [2.75, 3.05) is 18.5 Å². The number of anilines is 1. The van der Waals surface area contributed by atoms with Gasteiger partial charge in [0.2, 0.25) is 5.78 Å². The van der Waals surface area contributed by atoms with Gasteiger partial charge in [-0.2, -0.15) is 13.2 Å². The minimum absolute atomic E-state index is 0.291. The van der Waals surface area contributed by atoms with E-state index in [1.54, 1.807) is 0 Å². The largest absolute Gasteiger partial charge is 0.450 e. The summed E-state index contributed by atoms with van der Waals surface area (Å²) in [6.45, 7) is 2.82. The molecular weight excluding hydrogens is 339 g/mol. The molecule has 2 nitrogen and oxygen atoms in total. The Morgan fingerprint density at radius 1 is 1.23 bits per heavy atom. The zero-order valence-electron chi connectivity index (χ0n) is 15.4. The molecule has 26 heavy (non-hydrogen) atoms. The molecule has 2 atom stereocenters. The molecule has 1 aliphatic carbocycles. The van der Waals surface area contributed by atoms with Crippen LogP contribution >= 0.6 is 0 Å². The quantitative estimate of drug-likeness (QED) is 0.626. The van der Waals surface area contributed by atoms with Crippen LogP contribution in [0.3, 0.4) is 0 Å². The second-order valence-corrected chi connectivity index (χ2v) is 7.69. The molecule has 0 N–H and O–H groups in total. The lowest BCUT2D eigenvalue weighted by molar-refractivity contribution is -0.177. The molecule has 1 aromatic rings. The number of carbonyl (C=O) groups is 1. The monoisotopic (exact) mass is 365 g/mol. The molecule has 1 spiro atoms. The second-order valence-electron chi connectivity index (χ2n) is 7.69. The minimum Gasteiger partial charge on any atom is -0.374 e. The molecule has 0 aromatic heterocycles. The zero-order valence-corrected chi connectivity index (χ0v) is 15.4. The number of allylic oxidation sites excluding steroid dienone is 2. The van der Waals surface area contributed by atoms with Gasteiger partial charge in [-0.05, 0) is 44.2 Å². The van der Waals surface area contributed by atoms with E-state index in [-0.39, 0.29) is 0 Å². The molecule has 2 aliphatic rings. The number of rotatable bonds is 1. The fourth-order valence-electron chi connectivity index (χ4n) is 4.57. The van der Waals surface area contributed by atoms with E-state index in [4.69, 9.17) is 0 Å². The van der Waals surface area contributed by atoms with E-state index in [0.29, 0.717) is 25.7 Å². The molecular formula is C21H26F3NO. The number of alkyl halides is 3. The third kappa shape index (κ3) is 3.40. The number of hydrogen-bond acceptors (Lipinski definition) is 2. The second kappa shape index (κ2) is 7.09. The summed E-state index contributed by atoms with van der Waals surface area (Å²) in [5, 5.41) is 0. The molecule has 1 aromatic carbocycles. The lowest BCUT2D eigenvalue weighted by atomic mass is 9.65. The highest BCUT2D eigenvalue weighted by Crippen LogP contribution is 2.50. The summed E-state index contributed by atoms with van der Waals surface area (Å²) in [7, 11) is 1.99. The summed E-state index contributed by atoms with van der Waals surface area (Å²) < 4.78 is 40.3. The highest BCUT2D eigenvalue weighted by atomic mass is 19.4. The van der Waals surface area contributed by atoms with Crippen molar-refractivity contribution in [1.82, 2.24) is 0 Å². The summed E-state index contributed by atoms with van der Waals surface area (Å²) in [6, 6.07) is 5.98. The standard InChI is InChI=1S/C21H26F3NO/c1-15-9-10-18-17(14-15)20(11-5-6-12-20)16(19(26)21(22,23)24)8-4-3-7-13-25(18)2/h5,9-11,14,16H,3-4,6-8,12-13H2,1-2H3. The Kier molecular flexibility index (Phi) is 5.18. The summed E-state index contributed by atoms with van der Waals surface area (Å²) in [6.07, 6.45) is 2.99. The Balaban J connectivity index is 2.21. The van der Waals surface area contributed by atoms with Gasteiger partial charge in [-0.1, -0.05) is 42.7 Å². The van der Waals surface area contributed by atoms with Gasteiger partial charge in [0.1, 0.15) is 0 Å². The van der Waals surface area contributed by atoms with Crippen LogP contribution in [0.15, 0.2) is 30.4 Å². The topological polar surface area (TPSA) is 20.3 Å². The van der Waals surface area contributed by atoms with Crippen LogP contribution < -0.4 is 4.90 Å². The van der Waals surface area contributed by atoms with Crippen LogP contribution in [0.1, 0.15) is 49.7 Å². The number of fused-ring (bicyclic) bond motifs is 2. The van der Waals surface area contributed by atoms with Crippen molar-refractivity contribution in [3.8, 4) is 0 Å². The number of nitrogens with zero attached hydrogens (tertiary/aromatic N) is 1. The fraction of sp³-hybridized carbons (Fsp3) is 0.571. The number of benzene rings is 1. The van der Waals surface area contributed by atoms with Gasteiger partial charge in [-0.3, -0.25) is 4.79 Å². The Bertz CT molecular complexity index is 710. The molecule has 0 bridgehead atoms. The molecule has 142 valence electrons. The van der Waals surface area contributed by atoms with E-state index >= 15 is 0 Å². The van der Waals surface area contributed by atoms with E-state index in [2.05, 4.69) is 4.90 Å². The maximum absolute atomic E-state index is 13.4. The number of carbonyl (C=O) groups excluding carboxylic acids is 1. The van der Waals surface area contributed by atoms with Crippen molar-refractivity contribution in [1.29, 1.82) is 0 Å². The van der Waals surface area contributed by atoms with Crippen molar-refractivity contribution in [2.24, 2.45) is 5.92 Å². The Labute approximate surface area is 153 Å². The number of Topliss-reactive ketones (excluding diaryl/α,β-unsaturated/α-hetero) is 1. The van der Waals surface area contributed by atoms with Crippen LogP contribution in [-0.4, -0.2) is 25.6 Å². The van der Waals surface area contributed by atoms with Crippen LogP contribution in [0.4, 0.5) is 18.9 Å². The predicted octanol–water partition coefficient (Wildman–Crippen LogP) is 5.34. The Morgan fingerprint density at radius 3 is 2.65 bits per heavy atom. The van der Waals surface area contributed by atoms with Gasteiger partial charge in [-0.25, -0.2) is 0 Å². The van der Waals surface area contributed by atoms with Crippen LogP contribution in [0.5, 0.6) is 0 Å². The van der Waals surface area contributed by atoms with Gasteiger partial charge < -0.3 is 4.90 Å². The summed E-state index contributed by atoms with van der Waals surface area (Å²) in [4.78, 5) is 14.6. The van der Waals surface area contributed by atoms with Gasteiger partial charge >= 0.3 is 6.18 Å². The third-order valence-corrected chi connectivity index (χ3v) is 5.91. The maximum atomic E-state index is 13.4. The van der Waals surface area contributed by atoms with Crippen molar-refractivity contribution >= 4 is 11.5 Å². The fourth-order valence-corrected chi connectivity index (χ4v) is 4.57. The summed E-state index contributed by atoms with van der Waals surface area (Å²) >= 11 is 0. The van der Waals surface area contributed by atoms with Gasteiger partial charge in [0.25, 0.3) is 0 Å². The average Bonchev–Trinajstić information content (AvgIpc) is 3.06. The summed E-state index contributed by atoms with van der Waals surface area (Å²) in [5.74, 6) is -2.62. The van der Waals surface area contributed by atoms with Crippen LogP contribution in [0.2, 0.25) is 0 Å². The molecule has 0 saturated carbocycles. The van der Waals surface area contributed by atoms with Crippen molar-refractivity contribution < 1.29 is 18.0 Å². The first-order valence-electron chi connectivity index (χ1n) is 9.37. The molecule has 2 unspecified atom stereocenters. The van der Waals surface area contributed by atoms with Crippen LogP contribution in [0, 0.1) is 12.8 Å². The molecule has 3 rings (SSSR count). The molecule has 1 aliphatic heterocycles. The molecule has 5 heteroatoms. The zero-order chi connectivity index (χ0) is 18.9.